The van der Waals surface area contributed by atoms with Crippen LogP contribution >= 0.6 is 0 Å². The van der Waals surface area contributed by atoms with Crippen LogP contribution in [0.15, 0.2) is 11.6 Å². The van der Waals surface area contributed by atoms with Crippen molar-refractivity contribution < 1.29 is 30.0 Å². The molecule has 0 amide bonds. The summed E-state index contributed by atoms with van der Waals surface area (Å²) >= 11 is 0. The molecule has 1 heterocycles. The number of hydrogen-bond donors (Lipinski definition) is 4. The van der Waals surface area contributed by atoms with Crippen LogP contribution < -0.4 is 0 Å². The summed E-state index contributed by atoms with van der Waals surface area (Å²) in [5.41, 5.74) is 2.03. The van der Waals surface area contributed by atoms with Crippen molar-refractivity contribution in [3.05, 3.63) is 11.6 Å². The molecule has 1 aliphatic heterocycles. The SMILES string of the molecule is CC1(C)CC[C@]2(C[C@@H]3OC(CO)[C@@H](O)[C@H](O)C3O)CCC3C(=CCC4[C@@]3(C)CCC3C(C)(C)C(=O)CC[C@@]34C)C2C1. The summed E-state index contributed by atoms with van der Waals surface area (Å²) in [5, 5.41) is 41.8. The quantitative estimate of drug-likeness (QED) is 0.347. The summed E-state index contributed by atoms with van der Waals surface area (Å²) in [6.45, 7) is 13.9. The standard InChI is InChI=1S/C35H56O6/c1-31(2)15-16-35(18-23-28(38)30(40)29(39)24(19-36)41-23)14-9-21-20(22(35)17-31)7-8-26-33(21,5)12-10-25-32(3,4)27(37)11-13-34(25,26)6/h7,21-26,28-30,36,38-40H,8-19H2,1-6H3/t21?,22?,23-,24?,25?,26?,28?,29+,30+,33-,34-,35-/m0/s1. The lowest BCUT2D eigenvalue weighted by Crippen LogP contribution is -2.62. The molecule has 5 aliphatic carbocycles. The summed E-state index contributed by atoms with van der Waals surface area (Å²) in [7, 11) is 0. The minimum absolute atomic E-state index is 0.0188. The van der Waals surface area contributed by atoms with Gasteiger partial charge in [-0.15, -0.1) is 0 Å². The molecule has 41 heavy (non-hydrogen) atoms. The number of rotatable bonds is 3. The van der Waals surface area contributed by atoms with E-state index in [4.69, 9.17) is 4.74 Å². The van der Waals surface area contributed by atoms with Crippen LogP contribution in [0.2, 0.25) is 0 Å². The Bertz CT molecular complexity index is 1080. The number of aliphatic hydroxyl groups is 4. The van der Waals surface area contributed by atoms with Crippen LogP contribution in [0.5, 0.6) is 0 Å². The van der Waals surface area contributed by atoms with Crippen LogP contribution in [0.4, 0.5) is 0 Å². The molecule has 6 unspecified atom stereocenters. The van der Waals surface area contributed by atoms with Crippen molar-refractivity contribution in [3.8, 4) is 0 Å². The molecule has 0 bridgehead atoms. The second-order valence-electron chi connectivity index (χ2n) is 17.2. The van der Waals surface area contributed by atoms with Gasteiger partial charge in [-0.3, -0.25) is 4.79 Å². The number of carbonyl (C=O) groups excluding carboxylic acids is 1. The Morgan fingerprint density at radius 1 is 0.805 bits per heavy atom. The molecule has 6 aliphatic rings. The normalized spacial score (nSPS) is 52.4. The second-order valence-corrected chi connectivity index (χ2v) is 17.2. The fourth-order valence-electron chi connectivity index (χ4n) is 11.9. The van der Waals surface area contributed by atoms with Crippen molar-refractivity contribution >= 4 is 5.78 Å². The number of aliphatic hydroxyl groups excluding tert-OH is 4. The lowest BCUT2D eigenvalue weighted by Gasteiger charge is -2.67. The van der Waals surface area contributed by atoms with Crippen LogP contribution in [0.25, 0.3) is 0 Å². The Morgan fingerprint density at radius 2 is 1.51 bits per heavy atom. The summed E-state index contributed by atoms with van der Waals surface area (Å²) in [4.78, 5) is 13.0. The third-order valence-electron chi connectivity index (χ3n) is 14.4. The molecular formula is C35H56O6. The highest BCUT2D eigenvalue weighted by molar-refractivity contribution is 5.85. The maximum absolute atomic E-state index is 13.0. The molecule has 6 rings (SSSR count). The molecule has 6 nitrogen and oxygen atoms in total. The number of hydrogen-bond acceptors (Lipinski definition) is 6. The number of fused-ring (bicyclic) bond motifs is 7. The Kier molecular flexibility index (Phi) is 7.27. The Labute approximate surface area is 247 Å². The van der Waals surface area contributed by atoms with Gasteiger partial charge in [0.2, 0.25) is 0 Å². The van der Waals surface area contributed by atoms with E-state index in [0.717, 1.165) is 51.4 Å². The Balaban J connectivity index is 1.34. The first-order chi connectivity index (χ1) is 19.1. The molecular weight excluding hydrogens is 516 g/mol. The van der Waals surface area contributed by atoms with Crippen molar-refractivity contribution in [2.75, 3.05) is 6.61 Å². The van der Waals surface area contributed by atoms with Crippen LogP contribution in [-0.2, 0) is 9.53 Å². The van der Waals surface area contributed by atoms with Gasteiger partial charge in [-0.05, 0) is 110 Å². The van der Waals surface area contributed by atoms with Crippen LogP contribution in [0.3, 0.4) is 0 Å². The first kappa shape index (κ1) is 30.2. The largest absolute Gasteiger partial charge is 0.394 e. The molecule has 4 saturated carbocycles. The van der Waals surface area contributed by atoms with Gasteiger partial charge in [-0.1, -0.05) is 53.2 Å². The van der Waals surface area contributed by atoms with Crippen LogP contribution in [0, 0.1) is 50.7 Å². The maximum Gasteiger partial charge on any atom is 0.138 e. The fourth-order valence-corrected chi connectivity index (χ4v) is 11.9. The topological polar surface area (TPSA) is 107 Å². The van der Waals surface area contributed by atoms with Gasteiger partial charge in [-0.2, -0.15) is 0 Å². The van der Waals surface area contributed by atoms with Crippen molar-refractivity contribution in [1.82, 2.24) is 0 Å². The van der Waals surface area contributed by atoms with Gasteiger partial charge < -0.3 is 25.2 Å². The molecule has 1 saturated heterocycles. The van der Waals surface area contributed by atoms with E-state index in [1.54, 1.807) is 5.57 Å². The second kappa shape index (κ2) is 9.86. The van der Waals surface area contributed by atoms with Gasteiger partial charge in [0, 0.05) is 11.8 Å². The zero-order chi connectivity index (χ0) is 29.8. The summed E-state index contributed by atoms with van der Waals surface area (Å²) in [6.07, 6.45) is 8.72. The average Bonchev–Trinajstić information content (AvgIpc) is 2.91. The molecule has 0 aromatic carbocycles. The highest BCUT2D eigenvalue weighted by atomic mass is 16.5. The van der Waals surface area contributed by atoms with Gasteiger partial charge >= 0.3 is 0 Å². The number of allylic oxidation sites excluding steroid dienone is 2. The van der Waals surface area contributed by atoms with Gasteiger partial charge in [0.05, 0.1) is 12.7 Å². The van der Waals surface area contributed by atoms with Gasteiger partial charge in [0.25, 0.3) is 0 Å². The van der Waals surface area contributed by atoms with E-state index >= 15 is 0 Å². The van der Waals surface area contributed by atoms with E-state index in [0.29, 0.717) is 42.3 Å². The third kappa shape index (κ3) is 4.39. The lowest BCUT2D eigenvalue weighted by atomic mass is 9.37. The van der Waals surface area contributed by atoms with E-state index in [1.807, 2.05) is 0 Å². The smallest absolute Gasteiger partial charge is 0.138 e. The molecule has 5 fully saturated rings. The maximum atomic E-state index is 13.0. The Morgan fingerprint density at radius 3 is 2.22 bits per heavy atom. The highest BCUT2D eigenvalue weighted by Gasteiger charge is 2.65. The molecule has 4 N–H and O–H groups in total. The molecule has 6 heteroatoms. The zero-order valence-corrected chi connectivity index (χ0v) is 26.4. The van der Waals surface area contributed by atoms with Gasteiger partial charge in [0.1, 0.15) is 30.2 Å². The minimum atomic E-state index is -1.31. The van der Waals surface area contributed by atoms with Crippen molar-refractivity contribution in [1.29, 1.82) is 0 Å². The summed E-state index contributed by atoms with van der Waals surface area (Å²) in [6, 6.07) is 0. The van der Waals surface area contributed by atoms with E-state index in [9.17, 15) is 25.2 Å². The number of ketones is 1. The van der Waals surface area contributed by atoms with E-state index in [-0.39, 0.29) is 33.7 Å². The molecule has 0 spiro atoms. The molecule has 232 valence electrons. The van der Waals surface area contributed by atoms with Gasteiger partial charge in [-0.25, -0.2) is 0 Å². The zero-order valence-electron chi connectivity index (χ0n) is 26.4. The fraction of sp³-hybridized carbons (Fsp3) is 0.914. The number of Topliss-reactive ketones (excluding diaryl/α,β-unsaturated/α-hetero) is 1. The van der Waals surface area contributed by atoms with Crippen LogP contribution in [0.1, 0.15) is 112 Å². The summed E-state index contributed by atoms with van der Waals surface area (Å²) in [5.74, 6) is 2.44. The van der Waals surface area contributed by atoms with Gasteiger partial charge in [0.15, 0.2) is 0 Å². The van der Waals surface area contributed by atoms with E-state index in [2.05, 4.69) is 47.6 Å². The highest BCUT2D eigenvalue weighted by Crippen LogP contribution is 2.72. The van der Waals surface area contributed by atoms with Crippen LogP contribution in [-0.4, -0.2) is 63.3 Å². The monoisotopic (exact) mass is 572 g/mol. The average molecular weight is 573 g/mol. The predicted molar refractivity (Wildman–Crippen MR) is 158 cm³/mol. The third-order valence-corrected chi connectivity index (χ3v) is 14.4. The first-order valence-corrected chi connectivity index (χ1v) is 16.6. The first-order valence-electron chi connectivity index (χ1n) is 16.6. The molecule has 0 aromatic heterocycles. The van der Waals surface area contributed by atoms with E-state index in [1.165, 1.54) is 6.42 Å². The summed E-state index contributed by atoms with van der Waals surface area (Å²) < 4.78 is 6.11. The Hall–Kier alpha value is -0.790. The van der Waals surface area contributed by atoms with Crippen molar-refractivity contribution in [3.63, 3.8) is 0 Å². The number of carbonyl (C=O) groups is 1. The number of ether oxygens (including phenoxy) is 1. The predicted octanol–water partition coefficient (Wildman–Crippen LogP) is 5.20. The van der Waals surface area contributed by atoms with Crippen molar-refractivity contribution in [2.24, 2.45) is 50.7 Å². The van der Waals surface area contributed by atoms with Crippen molar-refractivity contribution in [2.45, 2.75) is 143 Å². The minimum Gasteiger partial charge on any atom is -0.394 e. The molecule has 0 aromatic rings. The molecule has 12 atom stereocenters. The van der Waals surface area contributed by atoms with E-state index < -0.39 is 30.5 Å². The lowest BCUT2D eigenvalue weighted by molar-refractivity contribution is -0.240. The molecule has 0 radical (unpaired) electrons.